The van der Waals surface area contributed by atoms with Crippen LogP contribution in [-0.2, 0) is 4.79 Å². The van der Waals surface area contributed by atoms with Gasteiger partial charge in [-0.2, -0.15) is 5.26 Å². The van der Waals surface area contributed by atoms with Gasteiger partial charge in [0.15, 0.2) is 0 Å². The molecule has 1 amide bonds. The van der Waals surface area contributed by atoms with Gasteiger partial charge in [0.25, 0.3) is 0 Å². The van der Waals surface area contributed by atoms with Gasteiger partial charge in [0.2, 0.25) is 5.91 Å². The normalized spacial score (nSPS) is 12.3. The summed E-state index contributed by atoms with van der Waals surface area (Å²) in [6.45, 7) is 8.35. The predicted octanol–water partition coefficient (Wildman–Crippen LogP) is 1.79. The SMILES string of the molecule is CCCN(C(=O)C(C)C#N)C(C)C. The molecule has 0 aromatic heterocycles. The van der Waals surface area contributed by atoms with Crippen molar-refractivity contribution in [3.63, 3.8) is 0 Å². The van der Waals surface area contributed by atoms with Gasteiger partial charge in [-0.3, -0.25) is 4.79 Å². The van der Waals surface area contributed by atoms with E-state index in [1.807, 2.05) is 26.8 Å². The Kier molecular flexibility index (Phi) is 5.13. The van der Waals surface area contributed by atoms with Crippen LogP contribution < -0.4 is 0 Å². The van der Waals surface area contributed by atoms with E-state index in [9.17, 15) is 4.79 Å². The fourth-order valence-electron chi connectivity index (χ4n) is 1.17. The minimum absolute atomic E-state index is 0.0562. The van der Waals surface area contributed by atoms with E-state index >= 15 is 0 Å². The third kappa shape index (κ3) is 3.45. The Morgan fingerprint density at radius 2 is 2.00 bits per heavy atom. The van der Waals surface area contributed by atoms with E-state index in [0.29, 0.717) is 0 Å². The highest BCUT2D eigenvalue weighted by molar-refractivity contribution is 5.81. The standard InChI is InChI=1S/C10H18N2O/c1-5-6-12(8(2)3)10(13)9(4)7-11/h8-9H,5-6H2,1-4H3. The molecule has 3 nitrogen and oxygen atoms in total. The Hall–Kier alpha value is -1.04. The minimum Gasteiger partial charge on any atom is -0.339 e. The van der Waals surface area contributed by atoms with E-state index in [0.717, 1.165) is 13.0 Å². The molecule has 0 spiro atoms. The van der Waals surface area contributed by atoms with E-state index in [2.05, 4.69) is 0 Å². The maximum atomic E-state index is 11.6. The number of hydrogen-bond donors (Lipinski definition) is 0. The molecule has 0 aromatic carbocycles. The summed E-state index contributed by atoms with van der Waals surface area (Å²) in [5.41, 5.74) is 0. The lowest BCUT2D eigenvalue weighted by atomic mass is 10.1. The number of carbonyl (C=O) groups is 1. The van der Waals surface area contributed by atoms with Crippen molar-refractivity contribution in [2.75, 3.05) is 6.54 Å². The lowest BCUT2D eigenvalue weighted by Crippen LogP contribution is -2.40. The van der Waals surface area contributed by atoms with Gasteiger partial charge in [0.1, 0.15) is 5.92 Å². The minimum atomic E-state index is -0.519. The van der Waals surface area contributed by atoms with E-state index in [1.165, 1.54) is 0 Å². The molecule has 0 radical (unpaired) electrons. The fraction of sp³-hybridized carbons (Fsp3) is 0.800. The molecular formula is C10H18N2O. The zero-order chi connectivity index (χ0) is 10.4. The van der Waals surface area contributed by atoms with Crippen molar-refractivity contribution in [1.29, 1.82) is 5.26 Å². The number of rotatable bonds is 4. The van der Waals surface area contributed by atoms with Crippen molar-refractivity contribution in [2.24, 2.45) is 5.92 Å². The van der Waals surface area contributed by atoms with Crippen molar-refractivity contribution < 1.29 is 4.79 Å². The first-order valence-corrected chi connectivity index (χ1v) is 4.74. The molecule has 0 saturated heterocycles. The smallest absolute Gasteiger partial charge is 0.239 e. The molecule has 0 aliphatic rings. The number of nitriles is 1. The summed E-state index contributed by atoms with van der Waals surface area (Å²) in [6, 6.07) is 2.15. The number of hydrogen-bond acceptors (Lipinski definition) is 2. The lowest BCUT2D eigenvalue weighted by Gasteiger charge is -2.27. The highest BCUT2D eigenvalue weighted by Gasteiger charge is 2.21. The number of carbonyl (C=O) groups excluding carboxylic acids is 1. The monoisotopic (exact) mass is 182 g/mol. The first-order chi connectivity index (χ1) is 6.04. The molecule has 74 valence electrons. The van der Waals surface area contributed by atoms with Gasteiger partial charge in [0, 0.05) is 12.6 Å². The van der Waals surface area contributed by atoms with Crippen LogP contribution in [0.3, 0.4) is 0 Å². The van der Waals surface area contributed by atoms with Gasteiger partial charge in [-0.05, 0) is 27.2 Å². The zero-order valence-corrected chi connectivity index (χ0v) is 8.87. The van der Waals surface area contributed by atoms with Crippen LogP contribution in [0.4, 0.5) is 0 Å². The average molecular weight is 182 g/mol. The van der Waals surface area contributed by atoms with Crippen molar-refractivity contribution >= 4 is 5.91 Å². The van der Waals surface area contributed by atoms with Gasteiger partial charge in [-0.15, -0.1) is 0 Å². The highest BCUT2D eigenvalue weighted by atomic mass is 16.2. The summed E-state index contributed by atoms with van der Waals surface area (Å²) in [5, 5.41) is 8.61. The summed E-state index contributed by atoms with van der Waals surface area (Å²) in [6.07, 6.45) is 0.933. The molecule has 3 heteroatoms. The summed E-state index contributed by atoms with van der Waals surface area (Å²) in [5.74, 6) is -0.576. The van der Waals surface area contributed by atoms with Crippen molar-refractivity contribution in [3.05, 3.63) is 0 Å². The quantitative estimate of drug-likeness (QED) is 0.665. The molecule has 0 aliphatic heterocycles. The third-order valence-electron chi connectivity index (χ3n) is 1.94. The summed E-state index contributed by atoms with van der Waals surface area (Å²) < 4.78 is 0. The second-order valence-electron chi connectivity index (χ2n) is 3.48. The molecule has 1 atom stereocenters. The van der Waals surface area contributed by atoms with Crippen LogP contribution in [0, 0.1) is 17.2 Å². The topological polar surface area (TPSA) is 44.1 Å². The average Bonchev–Trinajstić information content (AvgIpc) is 2.11. The van der Waals surface area contributed by atoms with Crippen molar-refractivity contribution in [3.8, 4) is 6.07 Å². The fourth-order valence-corrected chi connectivity index (χ4v) is 1.17. The summed E-state index contributed by atoms with van der Waals surface area (Å²) in [7, 11) is 0. The highest BCUT2D eigenvalue weighted by Crippen LogP contribution is 2.06. The summed E-state index contributed by atoms with van der Waals surface area (Å²) in [4.78, 5) is 13.4. The van der Waals surface area contributed by atoms with Crippen LogP contribution in [0.15, 0.2) is 0 Å². The Labute approximate surface area is 80.3 Å². The van der Waals surface area contributed by atoms with E-state index in [-0.39, 0.29) is 11.9 Å². The van der Waals surface area contributed by atoms with Gasteiger partial charge < -0.3 is 4.90 Å². The van der Waals surface area contributed by atoms with Crippen LogP contribution in [0.2, 0.25) is 0 Å². The molecule has 0 aromatic rings. The van der Waals surface area contributed by atoms with Crippen LogP contribution in [0.1, 0.15) is 34.1 Å². The molecule has 0 bridgehead atoms. The molecule has 0 aliphatic carbocycles. The van der Waals surface area contributed by atoms with Gasteiger partial charge in [0.05, 0.1) is 6.07 Å². The molecular weight excluding hydrogens is 164 g/mol. The summed E-state index contributed by atoms with van der Waals surface area (Å²) >= 11 is 0. The second-order valence-corrected chi connectivity index (χ2v) is 3.48. The number of nitrogens with zero attached hydrogens (tertiary/aromatic N) is 2. The maximum absolute atomic E-state index is 11.6. The van der Waals surface area contributed by atoms with Crippen LogP contribution in [0.25, 0.3) is 0 Å². The third-order valence-corrected chi connectivity index (χ3v) is 1.94. The van der Waals surface area contributed by atoms with Crippen molar-refractivity contribution in [1.82, 2.24) is 4.90 Å². The van der Waals surface area contributed by atoms with Crippen LogP contribution in [0.5, 0.6) is 0 Å². The Bertz CT molecular complexity index is 205. The number of amides is 1. The van der Waals surface area contributed by atoms with Crippen LogP contribution >= 0.6 is 0 Å². The molecule has 0 rings (SSSR count). The van der Waals surface area contributed by atoms with Gasteiger partial charge in [-0.25, -0.2) is 0 Å². The first kappa shape index (κ1) is 12.0. The molecule has 0 heterocycles. The van der Waals surface area contributed by atoms with E-state index in [4.69, 9.17) is 5.26 Å². The predicted molar refractivity (Wildman–Crippen MR) is 51.9 cm³/mol. The van der Waals surface area contributed by atoms with Gasteiger partial charge in [-0.1, -0.05) is 6.92 Å². The zero-order valence-electron chi connectivity index (χ0n) is 8.87. The lowest BCUT2D eigenvalue weighted by molar-refractivity contribution is -0.135. The largest absolute Gasteiger partial charge is 0.339 e. The first-order valence-electron chi connectivity index (χ1n) is 4.74. The Morgan fingerprint density at radius 3 is 2.31 bits per heavy atom. The van der Waals surface area contributed by atoms with E-state index in [1.54, 1.807) is 11.8 Å². The van der Waals surface area contributed by atoms with Crippen LogP contribution in [-0.4, -0.2) is 23.4 Å². The Morgan fingerprint density at radius 1 is 1.46 bits per heavy atom. The molecule has 0 N–H and O–H groups in total. The van der Waals surface area contributed by atoms with Crippen molar-refractivity contribution in [2.45, 2.75) is 40.2 Å². The molecule has 1 unspecified atom stereocenters. The van der Waals surface area contributed by atoms with Gasteiger partial charge >= 0.3 is 0 Å². The second kappa shape index (κ2) is 5.58. The maximum Gasteiger partial charge on any atom is 0.239 e. The molecule has 13 heavy (non-hydrogen) atoms. The molecule has 0 fully saturated rings. The Balaban J connectivity index is 4.38. The van der Waals surface area contributed by atoms with E-state index < -0.39 is 5.92 Å². The molecule has 0 saturated carbocycles.